The van der Waals surface area contributed by atoms with Crippen molar-refractivity contribution in [1.82, 2.24) is 29.9 Å². The van der Waals surface area contributed by atoms with Crippen LogP contribution in [0.5, 0.6) is 0 Å². The highest BCUT2D eigenvalue weighted by molar-refractivity contribution is 5.83. The Labute approximate surface area is 244 Å². The van der Waals surface area contributed by atoms with E-state index in [1.807, 2.05) is 48.5 Å². The molecule has 0 aliphatic heterocycles. The molecule has 2 heterocycles. The van der Waals surface area contributed by atoms with E-state index in [9.17, 15) is 14.7 Å². The molecule has 0 spiro atoms. The highest BCUT2D eigenvalue weighted by Crippen LogP contribution is 2.22. The number of carboxylic acid groups (broad SMARTS) is 2. The van der Waals surface area contributed by atoms with Crippen LogP contribution in [0.1, 0.15) is 6.42 Å². The standard InChI is InChI=1S/C28H25N11O4/c40-22(41)15-21(23(42)43)35-28-38-26(33-18-9-5-2-6-10-18)37-27(39-28)34-20-13-11-19(12-14-20)32-25-30-16-29-24(36-25)31-17-7-3-1-4-8-17/h1-14,16,21H,15H2,(H,40,41)(H,42,43)(H2,29,30,31,32,36)(H3,33,34,35,37,38,39). The lowest BCUT2D eigenvalue weighted by Crippen LogP contribution is -2.32. The van der Waals surface area contributed by atoms with Crippen molar-refractivity contribution >= 4 is 64.4 Å². The predicted octanol–water partition coefficient (Wildman–Crippen LogP) is 4.37. The number of hydrogen-bond donors (Lipinski definition) is 7. The number of benzene rings is 3. The number of para-hydroxylation sites is 2. The van der Waals surface area contributed by atoms with Gasteiger partial charge in [0.05, 0.1) is 6.42 Å². The molecule has 5 aromatic rings. The van der Waals surface area contributed by atoms with Crippen molar-refractivity contribution in [2.45, 2.75) is 12.5 Å². The highest BCUT2D eigenvalue weighted by Gasteiger charge is 2.22. The number of nitrogens with one attached hydrogen (secondary N) is 5. The number of rotatable bonds is 13. The third kappa shape index (κ3) is 8.31. The van der Waals surface area contributed by atoms with Crippen molar-refractivity contribution in [3.05, 3.63) is 91.3 Å². The van der Waals surface area contributed by atoms with Gasteiger partial charge in [-0.1, -0.05) is 36.4 Å². The first kappa shape index (κ1) is 28.2. The molecule has 216 valence electrons. The van der Waals surface area contributed by atoms with E-state index in [2.05, 4.69) is 56.5 Å². The summed E-state index contributed by atoms with van der Waals surface area (Å²) >= 11 is 0. The molecule has 0 aliphatic carbocycles. The molecule has 0 fully saturated rings. The maximum absolute atomic E-state index is 11.6. The normalized spacial score (nSPS) is 11.2. The first-order valence-electron chi connectivity index (χ1n) is 12.8. The fraction of sp³-hybridized carbons (Fsp3) is 0.0714. The summed E-state index contributed by atoms with van der Waals surface area (Å²) in [5, 5.41) is 33.4. The first-order valence-corrected chi connectivity index (χ1v) is 12.8. The minimum Gasteiger partial charge on any atom is -0.481 e. The molecule has 15 nitrogen and oxygen atoms in total. The summed E-state index contributed by atoms with van der Waals surface area (Å²) in [6.45, 7) is 0. The van der Waals surface area contributed by atoms with E-state index in [4.69, 9.17) is 5.11 Å². The number of aromatic nitrogens is 6. The third-order valence-corrected chi connectivity index (χ3v) is 5.64. The van der Waals surface area contributed by atoms with Gasteiger partial charge in [0.2, 0.25) is 29.7 Å². The number of nitrogens with zero attached hydrogens (tertiary/aromatic N) is 6. The van der Waals surface area contributed by atoms with E-state index in [1.54, 1.807) is 36.4 Å². The van der Waals surface area contributed by atoms with Gasteiger partial charge in [-0.15, -0.1) is 0 Å². The lowest BCUT2D eigenvalue weighted by molar-refractivity contribution is -0.144. The molecule has 43 heavy (non-hydrogen) atoms. The van der Waals surface area contributed by atoms with Crippen molar-refractivity contribution in [2.24, 2.45) is 0 Å². The summed E-state index contributed by atoms with van der Waals surface area (Å²) in [7, 11) is 0. The molecule has 0 radical (unpaired) electrons. The summed E-state index contributed by atoms with van der Waals surface area (Å²) in [6.07, 6.45) is 0.722. The number of anilines is 9. The molecule has 1 unspecified atom stereocenters. The zero-order chi connectivity index (χ0) is 30.0. The van der Waals surface area contributed by atoms with Crippen molar-refractivity contribution in [2.75, 3.05) is 26.6 Å². The van der Waals surface area contributed by atoms with Gasteiger partial charge in [-0.2, -0.15) is 19.9 Å². The van der Waals surface area contributed by atoms with Crippen LogP contribution in [0, 0.1) is 0 Å². The van der Waals surface area contributed by atoms with E-state index in [0.29, 0.717) is 29.0 Å². The summed E-state index contributed by atoms with van der Waals surface area (Å²) in [5.74, 6) is -1.85. The minimum atomic E-state index is -1.46. The van der Waals surface area contributed by atoms with Crippen LogP contribution in [-0.4, -0.2) is 58.1 Å². The quantitative estimate of drug-likeness (QED) is 0.103. The van der Waals surface area contributed by atoms with Gasteiger partial charge in [-0.05, 0) is 48.5 Å². The SMILES string of the molecule is O=C(O)CC(Nc1nc(Nc2ccccc2)nc(Nc2ccc(Nc3ncnc(Nc4ccccc4)n3)cc2)n1)C(=O)O. The molecule has 0 amide bonds. The molecule has 0 saturated carbocycles. The Bertz CT molecular complexity index is 1690. The van der Waals surface area contributed by atoms with Crippen LogP contribution in [0.3, 0.4) is 0 Å². The largest absolute Gasteiger partial charge is 0.481 e. The fourth-order valence-electron chi connectivity index (χ4n) is 3.70. The average molecular weight is 580 g/mol. The monoisotopic (exact) mass is 579 g/mol. The zero-order valence-electron chi connectivity index (χ0n) is 22.3. The molecule has 0 aliphatic rings. The van der Waals surface area contributed by atoms with Crippen LogP contribution >= 0.6 is 0 Å². The van der Waals surface area contributed by atoms with Gasteiger partial charge in [-0.25, -0.2) is 14.8 Å². The van der Waals surface area contributed by atoms with E-state index < -0.39 is 24.4 Å². The van der Waals surface area contributed by atoms with Crippen LogP contribution in [0.2, 0.25) is 0 Å². The van der Waals surface area contributed by atoms with Gasteiger partial charge in [0, 0.05) is 22.7 Å². The molecule has 1 atom stereocenters. The Hall–Kier alpha value is -6.38. The summed E-state index contributed by atoms with van der Waals surface area (Å²) in [6, 6.07) is 24.2. The Morgan fingerprint density at radius 2 is 0.953 bits per heavy atom. The second-order valence-electron chi connectivity index (χ2n) is 8.88. The average Bonchev–Trinajstić information content (AvgIpc) is 2.99. The fourth-order valence-corrected chi connectivity index (χ4v) is 3.70. The van der Waals surface area contributed by atoms with Gasteiger partial charge in [0.15, 0.2) is 0 Å². The van der Waals surface area contributed by atoms with Crippen molar-refractivity contribution in [3.63, 3.8) is 0 Å². The second kappa shape index (κ2) is 13.3. The molecule has 5 rings (SSSR count). The van der Waals surface area contributed by atoms with E-state index >= 15 is 0 Å². The Morgan fingerprint density at radius 3 is 1.40 bits per heavy atom. The molecule has 15 heteroatoms. The van der Waals surface area contributed by atoms with Gasteiger partial charge < -0.3 is 36.8 Å². The van der Waals surface area contributed by atoms with E-state index in [1.165, 1.54) is 6.33 Å². The van der Waals surface area contributed by atoms with Crippen molar-refractivity contribution in [3.8, 4) is 0 Å². The molecule has 0 bridgehead atoms. The smallest absolute Gasteiger partial charge is 0.326 e. The zero-order valence-corrected chi connectivity index (χ0v) is 22.3. The number of aliphatic carboxylic acids is 2. The van der Waals surface area contributed by atoms with Crippen LogP contribution in [0.4, 0.5) is 52.5 Å². The minimum absolute atomic E-state index is 0.0881. The first-order chi connectivity index (χ1) is 20.9. The molecule has 0 saturated heterocycles. The summed E-state index contributed by atoms with van der Waals surface area (Å²) in [4.78, 5) is 48.3. The third-order valence-electron chi connectivity index (χ3n) is 5.64. The highest BCUT2D eigenvalue weighted by atomic mass is 16.4. The Morgan fingerprint density at radius 1 is 0.558 bits per heavy atom. The maximum atomic E-state index is 11.6. The van der Waals surface area contributed by atoms with Gasteiger partial charge in [0.1, 0.15) is 12.4 Å². The lowest BCUT2D eigenvalue weighted by atomic mass is 10.2. The molecule has 3 aromatic carbocycles. The predicted molar refractivity (Wildman–Crippen MR) is 159 cm³/mol. The van der Waals surface area contributed by atoms with Crippen molar-refractivity contribution in [1.29, 1.82) is 0 Å². The van der Waals surface area contributed by atoms with Crippen LogP contribution in [-0.2, 0) is 9.59 Å². The van der Waals surface area contributed by atoms with E-state index in [0.717, 1.165) is 5.69 Å². The van der Waals surface area contributed by atoms with Crippen molar-refractivity contribution < 1.29 is 19.8 Å². The Kier molecular flexibility index (Phi) is 8.72. The number of carboxylic acids is 2. The molecule has 2 aromatic heterocycles. The Balaban J connectivity index is 1.31. The summed E-state index contributed by atoms with van der Waals surface area (Å²) < 4.78 is 0. The molecule has 7 N–H and O–H groups in total. The maximum Gasteiger partial charge on any atom is 0.326 e. The van der Waals surface area contributed by atoms with Gasteiger partial charge in [0.25, 0.3) is 0 Å². The summed E-state index contributed by atoms with van der Waals surface area (Å²) in [5.41, 5.74) is 2.83. The molecular weight excluding hydrogens is 554 g/mol. The number of carbonyl (C=O) groups is 2. The lowest BCUT2D eigenvalue weighted by Gasteiger charge is -2.15. The molecular formula is C28H25N11O4. The van der Waals surface area contributed by atoms with Crippen LogP contribution in [0.25, 0.3) is 0 Å². The van der Waals surface area contributed by atoms with Gasteiger partial charge >= 0.3 is 11.9 Å². The number of hydrogen-bond acceptors (Lipinski definition) is 13. The van der Waals surface area contributed by atoms with E-state index in [-0.39, 0.29) is 17.8 Å². The van der Waals surface area contributed by atoms with Crippen LogP contribution < -0.4 is 26.6 Å². The second-order valence-corrected chi connectivity index (χ2v) is 8.88. The topological polar surface area (TPSA) is 212 Å². The van der Waals surface area contributed by atoms with Crippen LogP contribution in [0.15, 0.2) is 91.3 Å². The van der Waals surface area contributed by atoms with Gasteiger partial charge in [-0.3, -0.25) is 4.79 Å².